The quantitative estimate of drug-likeness (QED) is 0.688. The highest BCUT2D eigenvalue weighted by Gasteiger charge is 2.31. The average Bonchev–Trinajstić information content (AvgIpc) is 3.08. The molecule has 0 N–H and O–H groups in total. The van der Waals surface area contributed by atoms with Crippen LogP contribution in [-0.4, -0.2) is 41.5 Å². The fraction of sp³-hybridized carbons (Fsp3) is 0.476. The van der Waals surface area contributed by atoms with E-state index < -0.39 is 0 Å². The minimum atomic E-state index is -0.241. The topological polar surface area (TPSA) is 68.7 Å². The van der Waals surface area contributed by atoms with E-state index in [1.165, 1.54) is 16.9 Å². The molecule has 1 fully saturated rings. The molecule has 7 heteroatoms. The van der Waals surface area contributed by atoms with Gasteiger partial charge < -0.3 is 14.4 Å². The van der Waals surface area contributed by atoms with E-state index in [0.717, 1.165) is 23.6 Å². The number of ether oxygens (including phenoxy) is 2. The highest BCUT2D eigenvalue weighted by atomic mass is 32.1. The fourth-order valence-electron chi connectivity index (χ4n) is 3.25. The van der Waals surface area contributed by atoms with Gasteiger partial charge in [-0.2, -0.15) is 0 Å². The molecule has 2 aromatic rings. The molecule has 1 aromatic heterocycles. The summed E-state index contributed by atoms with van der Waals surface area (Å²) >= 11 is 1.36. The molecule has 1 unspecified atom stereocenters. The van der Waals surface area contributed by atoms with Crippen LogP contribution in [0.3, 0.4) is 0 Å². The first-order valence-corrected chi connectivity index (χ1v) is 10.4. The van der Waals surface area contributed by atoms with E-state index in [1.807, 2.05) is 38.1 Å². The third-order valence-electron chi connectivity index (χ3n) is 4.75. The number of hydrogen-bond acceptors (Lipinski definition) is 6. The van der Waals surface area contributed by atoms with E-state index in [0.29, 0.717) is 36.9 Å². The molecule has 1 aromatic carbocycles. The zero-order valence-corrected chi connectivity index (χ0v) is 17.4. The SMILES string of the molecule is CCOC(=O)C1CCCN(C(=O)c2sc(COc3ccc(C)cc3)nc2C)C1. The van der Waals surface area contributed by atoms with E-state index in [1.54, 1.807) is 11.8 Å². The molecule has 0 saturated carbocycles. The van der Waals surface area contributed by atoms with Gasteiger partial charge in [0.05, 0.1) is 18.2 Å². The van der Waals surface area contributed by atoms with E-state index in [9.17, 15) is 9.59 Å². The van der Waals surface area contributed by atoms with Crippen molar-refractivity contribution >= 4 is 23.2 Å². The van der Waals surface area contributed by atoms with Gasteiger partial charge >= 0.3 is 5.97 Å². The van der Waals surface area contributed by atoms with Crippen molar-refractivity contribution in [2.45, 2.75) is 40.2 Å². The highest BCUT2D eigenvalue weighted by Crippen LogP contribution is 2.25. The first kappa shape index (κ1) is 20.3. The number of carbonyl (C=O) groups is 2. The van der Waals surface area contributed by atoms with Crippen LogP contribution in [-0.2, 0) is 16.1 Å². The largest absolute Gasteiger partial charge is 0.486 e. The monoisotopic (exact) mass is 402 g/mol. The van der Waals surface area contributed by atoms with E-state index in [-0.39, 0.29) is 17.8 Å². The Morgan fingerprint density at radius 3 is 2.71 bits per heavy atom. The molecular formula is C21H26N2O4S. The Balaban J connectivity index is 1.63. The van der Waals surface area contributed by atoms with Gasteiger partial charge in [-0.15, -0.1) is 11.3 Å². The Morgan fingerprint density at radius 1 is 1.25 bits per heavy atom. The lowest BCUT2D eigenvalue weighted by molar-refractivity contribution is -0.149. The van der Waals surface area contributed by atoms with Crippen LogP contribution in [0.15, 0.2) is 24.3 Å². The van der Waals surface area contributed by atoms with Gasteiger partial charge in [-0.05, 0) is 45.7 Å². The standard InChI is InChI=1S/C21H26N2O4S/c1-4-26-21(25)16-6-5-11-23(12-16)20(24)19-15(3)22-18(28-19)13-27-17-9-7-14(2)8-10-17/h7-10,16H,4-6,11-13H2,1-3H3. The van der Waals surface area contributed by atoms with Crippen LogP contribution in [0.25, 0.3) is 0 Å². The van der Waals surface area contributed by atoms with Crippen molar-refractivity contribution in [3.05, 3.63) is 45.4 Å². The number of hydrogen-bond donors (Lipinski definition) is 0. The molecule has 1 aliphatic heterocycles. The maximum atomic E-state index is 13.0. The molecule has 6 nitrogen and oxygen atoms in total. The summed E-state index contributed by atoms with van der Waals surface area (Å²) in [7, 11) is 0. The summed E-state index contributed by atoms with van der Waals surface area (Å²) in [5.74, 6) is 0.258. The fourth-order valence-corrected chi connectivity index (χ4v) is 4.20. The molecule has 1 atom stereocenters. The van der Waals surface area contributed by atoms with Crippen molar-refractivity contribution in [3.63, 3.8) is 0 Å². The molecule has 3 rings (SSSR count). The number of benzene rings is 1. The molecule has 1 amide bonds. The smallest absolute Gasteiger partial charge is 0.310 e. The molecule has 150 valence electrons. The van der Waals surface area contributed by atoms with E-state index in [4.69, 9.17) is 9.47 Å². The minimum absolute atomic E-state index is 0.0643. The molecule has 1 saturated heterocycles. The Labute approximate surface area is 169 Å². The van der Waals surface area contributed by atoms with Crippen molar-refractivity contribution < 1.29 is 19.1 Å². The minimum Gasteiger partial charge on any atom is -0.486 e. The number of aryl methyl sites for hydroxylation is 2. The number of thiazole rings is 1. The highest BCUT2D eigenvalue weighted by molar-refractivity contribution is 7.13. The third kappa shape index (κ3) is 4.90. The van der Waals surface area contributed by atoms with Crippen molar-refractivity contribution in [2.24, 2.45) is 5.92 Å². The van der Waals surface area contributed by atoms with Gasteiger partial charge in [0.15, 0.2) is 0 Å². The van der Waals surface area contributed by atoms with Crippen molar-refractivity contribution in [1.82, 2.24) is 9.88 Å². The summed E-state index contributed by atoms with van der Waals surface area (Å²) in [4.78, 5) is 31.9. The van der Waals surface area contributed by atoms with Crippen LogP contribution < -0.4 is 4.74 Å². The Morgan fingerprint density at radius 2 is 2.00 bits per heavy atom. The summed E-state index contributed by atoms with van der Waals surface area (Å²) in [5.41, 5.74) is 1.88. The number of esters is 1. The molecule has 0 spiro atoms. The number of likely N-dealkylation sites (tertiary alicyclic amines) is 1. The van der Waals surface area contributed by atoms with Gasteiger partial charge in [0.1, 0.15) is 22.2 Å². The first-order chi connectivity index (χ1) is 13.5. The summed E-state index contributed by atoms with van der Waals surface area (Å²) in [6, 6.07) is 7.83. The predicted octanol–water partition coefficient (Wildman–Crippen LogP) is 3.75. The summed E-state index contributed by atoms with van der Waals surface area (Å²) in [6.45, 7) is 7.41. The van der Waals surface area contributed by atoms with Crippen LogP contribution in [0.4, 0.5) is 0 Å². The Kier molecular flexibility index (Phi) is 6.67. The molecule has 28 heavy (non-hydrogen) atoms. The van der Waals surface area contributed by atoms with Gasteiger partial charge in [0.25, 0.3) is 5.91 Å². The van der Waals surface area contributed by atoms with E-state index >= 15 is 0 Å². The van der Waals surface area contributed by atoms with Gasteiger partial charge in [-0.1, -0.05) is 17.7 Å². The van der Waals surface area contributed by atoms with Gasteiger partial charge in [-0.25, -0.2) is 4.98 Å². The summed E-state index contributed by atoms with van der Waals surface area (Å²) in [5, 5.41) is 0.764. The van der Waals surface area contributed by atoms with Crippen LogP contribution in [0.2, 0.25) is 0 Å². The number of aromatic nitrogens is 1. The third-order valence-corrected chi connectivity index (χ3v) is 5.87. The Bertz CT molecular complexity index is 831. The number of amides is 1. The van der Waals surface area contributed by atoms with Crippen LogP contribution in [0, 0.1) is 19.8 Å². The van der Waals surface area contributed by atoms with Crippen LogP contribution in [0.1, 0.15) is 45.7 Å². The molecule has 0 bridgehead atoms. The normalized spacial score (nSPS) is 16.7. The number of piperidine rings is 1. The van der Waals surface area contributed by atoms with E-state index in [2.05, 4.69) is 4.98 Å². The van der Waals surface area contributed by atoms with Gasteiger partial charge in [-0.3, -0.25) is 9.59 Å². The maximum Gasteiger partial charge on any atom is 0.310 e. The second-order valence-corrected chi connectivity index (χ2v) is 8.05. The average molecular weight is 403 g/mol. The lowest BCUT2D eigenvalue weighted by Gasteiger charge is -2.31. The van der Waals surface area contributed by atoms with Crippen LogP contribution >= 0.6 is 11.3 Å². The lowest BCUT2D eigenvalue weighted by Crippen LogP contribution is -2.42. The van der Waals surface area contributed by atoms with Gasteiger partial charge in [0.2, 0.25) is 0 Å². The van der Waals surface area contributed by atoms with Gasteiger partial charge in [0, 0.05) is 13.1 Å². The predicted molar refractivity (Wildman–Crippen MR) is 108 cm³/mol. The molecule has 1 aliphatic rings. The van der Waals surface area contributed by atoms with Crippen LogP contribution in [0.5, 0.6) is 5.75 Å². The second-order valence-electron chi connectivity index (χ2n) is 6.97. The number of rotatable bonds is 6. The zero-order chi connectivity index (χ0) is 20.1. The van der Waals surface area contributed by atoms with Crippen molar-refractivity contribution in [1.29, 1.82) is 0 Å². The molecule has 0 aliphatic carbocycles. The number of carbonyl (C=O) groups excluding carboxylic acids is 2. The number of nitrogens with zero attached hydrogens (tertiary/aromatic N) is 2. The maximum absolute atomic E-state index is 13.0. The zero-order valence-electron chi connectivity index (χ0n) is 16.6. The summed E-state index contributed by atoms with van der Waals surface area (Å²) < 4.78 is 10.9. The van der Waals surface area contributed by atoms with Crippen molar-refractivity contribution in [3.8, 4) is 5.75 Å². The molecular weight excluding hydrogens is 376 g/mol. The Hall–Kier alpha value is -2.41. The molecule has 0 radical (unpaired) electrons. The second kappa shape index (κ2) is 9.19. The van der Waals surface area contributed by atoms with Crippen molar-refractivity contribution in [2.75, 3.05) is 19.7 Å². The first-order valence-electron chi connectivity index (χ1n) is 9.59. The molecule has 2 heterocycles. The lowest BCUT2D eigenvalue weighted by atomic mass is 9.98. The summed E-state index contributed by atoms with van der Waals surface area (Å²) in [6.07, 6.45) is 1.57.